The van der Waals surface area contributed by atoms with Gasteiger partial charge in [0.15, 0.2) is 6.29 Å². The highest BCUT2D eigenvalue weighted by Gasteiger charge is 2.11. The maximum atomic E-state index is 10.9. The molecule has 84 valence electrons. The first kappa shape index (κ1) is 12.0. The standard InChI is InChI=1S/C12H19NO2/c1-4-10(2)13-11(7-8-15-3)5-6-12(13)9-14/h5-6,9-10H,4,7-8H2,1-3H3/t10-/m0/s1. The number of ether oxygens (including phenoxy) is 1. The largest absolute Gasteiger partial charge is 0.384 e. The zero-order chi connectivity index (χ0) is 11.3. The van der Waals surface area contributed by atoms with Gasteiger partial charge in [-0.2, -0.15) is 0 Å². The Labute approximate surface area is 91.0 Å². The van der Waals surface area contributed by atoms with Gasteiger partial charge in [-0.05, 0) is 25.5 Å². The Bertz CT molecular complexity index is 317. The van der Waals surface area contributed by atoms with Gasteiger partial charge in [0.25, 0.3) is 0 Å². The molecule has 0 bridgehead atoms. The predicted molar refractivity (Wildman–Crippen MR) is 60.4 cm³/mol. The van der Waals surface area contributed by atoms with Gasteiger partial charge in [-0.3, -0.25) is 4.79 Å². The van der Waals surface area contributed by atoms with Crippen molar-refractivity contribution in [3.63, 3.8) is 0 Å². The summed E-state index contributed by atoms with van der Waals surface area (Å²) < 4.78 is 7.16. The topological polar surface area (TPSA) is 31.2 Å². The van der Waals surface area contributed by atoms with Crippen LogP contribution in [0.5, 0.6) is 0 Å². The normalized spacial score (nSPS) is 12.7. The van der Waals surface area contributed by atoms with Crippen LogP contribution in [-0.4, -0.2) is 24.6 Å². The number of aldehydes is 1. The highest BCUT2D eigenvalue weighted by atomic mass is 16.5. The van der Waals surface area contributed by atoms with E-state index in [-0.39, 0.29) is 0 Å². The maximum absolute atomic E-state index is 10.9. The average molecular weight is 209 g/mol. The molecule has 0 N–H and O–H groups in total. The van der Waals surface area contributed by atoms with E-state index in [0.717, 1.165) is 24.8 Å². The molecule has 0 fully saturated rings. The van der Waals surface area contributed by atoms with Gasteiger partial charge in [0, 0.05) is 25.3 Å². The summed E-state index contributed by atoms with van der Waals surface area (Å²) in [5.74, 6) is 0. The van der Waals surface area contributed by atoms with Crippen LogP contribution >= 0.6 is 0 Å². The fourth-order valence-corrected chi connectivity index (χ4v) is 1.73. The SMILES string of the molecule is CC[C@H](C)n1c(C=O)ccc1CCOC. The lowest BCUT2D eigenvalue weighted by Crippen LogP contribution is -2.12. The van der Waals surface area contributed by atoms with Crippen LogP contribution in [0.1, 0.15) is 42.5 Å². The molecule has 0 aliphatic rings. The van der Waals surface area contributed by atoms with Gasteiger partial charge in [-0.25, -0.2) is 0 Å². The van der Waals surface area contributed by atoms with Crippen molar-refractivity contribution < 1.29 is 9.53 Å². The molecule has 1 heterocycles. The second-order valence-corrected chi connectivity index (χ2v) is 3.74. The quantitative estimate of drug-likeness (QED) is 0.674. The smallest absolute Gasteiger partial charge is 0.166 e. The third-order valence-electron chi connectivity index (χ3n) is 2.75. The number of carbonyl (C=O) groups is 1. The summed E-state index contributed by atoms with van der Waals surface area (Å²) in [5.41, 5.74) is 1.93. The van der Waals surface area contributed by atoms with Crippen LogP contribution < -0.4 is 0 Å². The summed E-state index contributed by atoms with van der Waals surface area (Å²) in [6.07, 6.45) is 2.80. The molecule has 1 aromatic rings. The molecule has 0 saturated heterocycles. The van der Waals surface area contributed by atoms with Gasteiger partial charge in [0.1, 0.15) is 0 Å². The second-order valence-electron chi connectivity index (χ2n) is 3.74. The Morgan fingerprint density at radius 1 is 1.53 bits per heavy atom. The van der Waals surface area contributed by atoms with E-state index >= 15 is 0 Å². The van der Waals surface area contributed by atoms with Crippen LogP contribution in [0.4, 0.5) is 0 Å². The third-order valence-corrected chi connectivity index (χ3v) is 2.75. The first-order valence-corrected chi connectivity index (χ1v) is 5.38. The molecule has 0 spiro atoms. The van der Waals surface area contributed by atoms with Crippen molar-refractivity contribution in [2.45, 2.75) is 32.7 Å². The number of rotatable bonds is 6. The van der Waals surface area contributed by atoms with Crippen molar-refractivity contribution in [1.82, 2.24) is 4.57 Å². The highest BCUT2D eigenvalue weighted by Crippen LogP contribution is 2.18. The fourth-order valence-electron chi connectivity index (χ4n) is 1.73. The maximum Gasteiger partial charge on any atom is 0.166 e. The van der Waals surface area contributed by atoms with Crippen LogP contribution in [0.15, 0.2) is 12.1 Å². The molecule has 1 rings (SSSR count). The van der Waals surface area contributed by atoms with E-state index in [4.69, 9.17) is 4.74 Å². The lowest BCUT2D eigenvalue weighted by atomic mass is 10.2. The number of methoxy groups -OCH3 is 1. The molecule has 0 radical (unpaired) electrons. The first-order chi connectivity index (χ1) is 7.24. The minimum Gasteiger partial charge on any atom is -0.384 e. The van der Waals surface area contributed by atoms with Gasteiger partial charge < -0.3 is 9.30 Å². The van der Waals surface area contributed by atoms with E-state index in [1.165, 1.54) is 5.69 Å². The number of aromatic nitrogens is 1. The van der Waals surface area contributed by atoms with Crippen molar-refractivity contribution in [1.29, 1.82) is 0 Å². The number of hydrogen-bond acceptors (Lipinski definition) is 2. The van der Waals surface area contributed by atoms with Gasteiger partial charge in [-0.15, -0.1) is 0 Å². The summed E-state index contributed by atoms with van der Waals surface area (Å²) in [6.45, 7) is 4.95. The molecule has 3 heteroatoms. The Balaban J connectivity index is 2.94. The van der Waals surface area contributed by atoms with E-state index < -0.39 is 0 Å². The van der Waals surface area contributed by atoms with Gasteiger partial charge >= 0.3 is 0 Å². The summed E-state index contributed by atoms with van der Waals surface area (Å²) in [5, 5.41) is 0. The lowest BCUT2D eigenvalue weighted by Gasteiger charge is -2.17. The van der Waals surface area contributed by atoms with E-state index in [1.807, 2.05) is 12.1 Å². The van der Waals surface area contributed by atoms with E-state index in [1.54, 1.807) is 7.11 Å². The Morgan fingerprint density at radius 3 is 2.80 bits per heavy atom. The lowest BCUT2D eigenvalue weighted by molar-refractivity contribution is 0.111. The molecule has 1 aromatic heterocycles. The van der Waals surface area contributed by atoms with Crippen molar-refractivity contribution in [2.24, 2.45) is 0 Å². The van der Waals surface area contributed by atoms with Crippen LogP contribution in [0.25, 0.3) is 0 Å². The zero-order valence-corrected chi connectivity index (χ0v) is 9.69. The molecule has 1 atom stereocenters. The molecule has 0 aliphatic heterocycles. The molecule has 0 aliphatic carbocycles. The fraction of sp³-hybridized carbons (Fsp3) is 0.583. The number of nitrogens with zero attached hydrogens (tertiary/aromatic N) is 1. The zero-order valence-electron chi connectivity index (χ0n) is 9.69. The molecule has 0 amide bonds. The van der Waals surface area contributed by atoms with E-state index in [9.17, 15) is 4.79 Å². The predicted octanol–water partition coefficient (Wildman–Crippen LogP) is 2.46. The molecule has 3 nitrogen and oxygen atoms in total. The van der Waals surface area contributed by atoms with Crippen LogP contribution in [0.3, 0.4) is 0 Å². The summed E-state index contributed by atoms with van der Waals surface area (Å²) in [7, 11) is 1.69. The number of hydrogen-bond donors (Lipinski definition) is 0. The Morgan fingerprint density at radius 2 is 2.27 bits per heavy atom. The monoisotopic (exact) mass is 209 g/mol. The van der Waals surface area contributed by atoms with Crippen molar-refractivity contribution in [3.8, 4) is 0 Å². The molecular formula is C12H19NO2. The molecular weight excluding hydrogens is 190 g/mol. The molecule has 15 heavy (non-hydrogen) atoms. The molecule has 0 saturated carbocycles. The minimum atomic E-state index is 0.368. The first-order valence-electron chi connectivity index (χ1n) is 5.38. The van der Waals surface area contributed by atoms with Crippen LogP contribution in [-0.2, 0) is 11.2 Å². The molecule has 0 unspecified atom stereocenters. The minimum absolute atomic E-state index is 0.368. The number of carbonyl (C=O) groups excluding carboxylic acids is 1. The van der Waals surface area contributed by atoms with Crippen molar-refractivity contribution in [2.75, 3.05) is 13.7 Å². The van der Waals surface area contributed by atoms with E-state index in [2.05, 4.69) is 18.4 Å². The van der Waals surface area contributed by atoms with Crippen LogP contribution in [0, 0.1) is 0 Å². The summed E-state index contributed by atoms with van der Waals surface area (Å²) in [6, 6.07) is 4.26. The third kappa shape index (κ3) is 2.69. The average Bonchev–Trinajstić information content (AvgIpc) is 2.68. The van der Waals surface area contributed by atoms with Gasteiger partial charge in [-0.1, -0.05) is 6.92 Å². The summed E-state index contributed by atoms with van der Waals surface area (Å²) in [4.78, 5) is 10.9. The van der Waals surface area contributed by atoms with Crippen molar-refractivity contribution >= 4 is 6.29 Å². The van der Waals surface area contributed by atoms with Crippen molar-refractivity contribution in [3.05, 3.63) is 23.5 Å². The van der Waals surface area contributed by atoms with Gasteiger partial charge in [0.05, 0.1) is 12.3 Å². The Hall–Kier alpha value is -1.09. The van der Waals surface area contributed by atoms with Gasteiger partial charge in [0.2, 0.25) is 0 Å². The van der Waals surface area contributed by atoms with Crippen LogP contribution in [0.2, 0.25) is 0 Å². The molecule has 0 aromatic carbocycles. The summed E-state index contributed by atoms with van der Waals surface area (Å²) >= 11 is 0. The Kier molecular flexibility index (Phi) is 4.56. The second kappa shape index (κ2) is 5.71. The van der Waals surface area contributed by atoms with E-state index in [0.29, 0.717) is 12.6 Å². The highest BCUT2D eigenvalue weighted by molar-refractivity contribution is 5.72.